The van der Waals surface area contributed by atoms with Crippen LogP contribution in [0.5, 0.6) is 5.75 Å². The molecule has 0 fully saturated rings. The van der Waals surface area contributed by atoms with Gasteiger partial charge in [0.1, 0.15) is 16.9 Å². The lowest BCUT2D eigenvalue weighted by Gasteiger charge is -2.02. The van der Waals surface area contributed by atoms with E-state index in [0.29, 0.717) is 6.61 Å². The Hall–Kier alpha value is -2.74. The van der Waals surface area contributed by atoms with Gasteiger partial charge in [0.05, 0.1) is 6.61 Å². The molecule has 2 nitrogen and oxygen atoms in total. The van der Waals surface area contributed by atoms with Gasteiger partial charge in [0.15, 0.2) is 0 Å². The molecule has 3 aromatic carbocycles. The fourth-order valence-electron chi connectivity index (χ4n) is 2.82. The molecule has 0 saturated heterocycles. The normalized spacial score (nSPS) is 11.1. The molecule has 0 saturated carbocycles. The molecule has 0 N–H and O–H groups in total. The number of hydrogen-bond acceptors (Lipinski definition) is 2. The second-order valence-corrected chi connectivity index (χ2v) is 5.27. The van der Waals surface area contributed by atoms with Crippen LogP contribution in [0, 0.1) is 0 Å². The number of rotatable bonds is 3. The highest BCUT2D eigenvalue weighted by molar-refractivity contribution is 6.06. The van der Waals surface area contributed by atoms with Crippen molar-refractivity contribution in [2.75, 3.05) is 6.61 Å². The van der Waals surface area contributed by atoms with Gasteiger partial charge >= 0.3 is 0 Å². The maximum absolute atomic E-state index is 5.99. The third kappa shape index (κ3) is 2.13. The lowest BCUT2D eigenvalue weighted by Crippen LogP contribution is -1.90. The fourth-order valence-corrected chi connectivity index (χ4v) is 2.82. The molecule has 0 aliphatic rings. The van der Waals surface area contributed by atoms with Crippen LogP contribution in [0.4, 0.5) is 0 Å². The van der Waals surface area contributed by atoms with E-state index >= 15 is 0 Å². The highest BCUT2D eigenvalue weighted by atomic mass is 16.5. The van der Waals surface area contributed by atoms with Crippen LogP contribution in [0.2, 0.25) is 0 Å². The van der Waals surface area contributed by atoms with Crippen LogP contribution in [-0.2, 0) is 0 Å². The number of fused-ring (bicyclic) bond motifs is 3. The van der Waals surface area contributed by atoms with Gasteiger partial charge in [-0.05, 0) is 48.4 Å². The second-order valence-electron chi connectivity index (χ2n) is 5.27. The van der Waals surface area contributed by atoms with Gasteiger partial charge in [0.25, 0.3) is 0 Å². The van der Waals surface area contributed by atoms with E-state index in [2.05, 4.69) is 30.3 Å². The van der Waals surface area contributed by atoms with E-state index < -0.39 is 0 Å². The van der Waals surface area contributed by atoms with Crippen LogP contribution >= 0.6 is 0 Å². The first-order chi connectivity index (χ1) is 10.8. The topological polar surface area (TPSA) is 22.4 Å². The summed E-state index contributed by atoms with van der Waals surface area (Å²) in [4.78, 5) is 0. The summed E-state index contributed by atoms with van der Waals surface area (Å²) in [6.07, 6.45) is 0. The van der Waals surface area contributed by atoms with Crippen molar-refractivity contribution in [1.29, 1.82) is 0 Å². The minimum absolute atomic E-state index is 0.666. The number of benzene rings is 3. The van der Waals surface area contributed by atoms with Crippen molar-refractivity contribution in [1.82, 2.24) is 0 Å². The summed E-state index contributed by atoms with van der Waals surface area (Å²) in [6, 6.07) is 22.7. The van der Waals surface area contributed by atoms with Crippen molar-refractivity contribution in [3.8, 4) is 16.9 Å². The molecule has 0 aliphatic carbocycles. The third-order valence-corrected chi connectivity index (χ3v) is 3.86. The largest absolute Gasteiger partial charge is 0.494 e. The van der Waals surface area contributed by atoms with Crippen molar-refractivity contribution in [2.45, 2.75) is 6.92 Å². The first-order valence-corrected chi connectivity index (χ1v) is 7.49. The van der Waals surface area contributed by atoms with Gasteiger partial charge in [-0.3, -0.25) is 0 Å². The summed E-state index contributed by atoms with van der Waals surface area (Å²) in [5.74, 6) is 0.879. The minimum atomic E-state index is 0.666. The Kier molecular flexibility index (Phi) is 3.08. The minimum Gasteiger partial charge on any atom is -0.494 e. The van der Waals surface area contributed by atoms with Crippen LogP contribution in [0.3, 0.4) is 0 Å². The van der Waals surface area contributed by atoms with Crippen molar-refractivity contribution in [3.63, 3.8) is 0 Å². The summed E-state index contributed by atoms with van der Waals surface area (Å²) in [5, 5.41) is 2.22. The van der Waals surface area contributed by atoms with E-state index in [9.17, 15) is 0 Å². The van der Waals surface area contributed by atoms with Crippen molar-refractivity contribution in [2.24, 2.45) is 0 Å². The number of ether oxygens (including phenoxy) is 1. The predicted octanol–water partition coefficient (Wildman–Crippen LogP) is 5.65. The molecule has 1 heterocycles. The van der Waals surface area contributed by atoms with Gasteiger partial charge < -0.3 is 9.15 Å². The van der Waals surface area contributed by atoms with Crippen molar-refractivity contribution >= 4 is 21.9 Å². The van der Waals surface area contributed by atoms with Crippen LogP contribution in [0.1, 0.15) is 6.92 Å². The third-order valence-electron chi connectivity index (χ3n) is 3.86. The summed E-state index contributed by atoms with van der Waals surface area (Å²) >= 11 is 0. The van der Waals surface area contributed by atoms with E-state index in [1.807, 2.05) is 43.3 Å². The molecule has 0 atom stereocenters. The molecular weight excluding hydrogens is 272 g/mol. The predicted molar refractivity (Wildman–Crippen MR) is 90.3 cm³/mol. The Labute approximate surface area is 128 Å². The van der Waals surface area contributed by atoms with E-state index in [0.717, 1.165) is 33.3 Å². The molecule has 2 heteroatoms. The lowest BCUT2D eigenvalue weighted by atomic mass is 10.0. The SMILES string of the molecule is CCOc1ccc2oc3cc(-c4ccccc4)ccc3c2c1. The maximum Gasteiger partial charge on any atom is 0.136 e. The quantitative estimate of drug-likeness (QED) is 0.486. The monoisotopic (exact) mass is 288 g/mol. The fraction of sp³-hybridized carbons (Fsp3) is 0.100. The van der Waals surface area contributed by atoms with Gasteiger partial charge in [-0.25, -0.2) is 0 Å². The highest BCUT2D eigenvalue weighted by Gasteiger charge is 2.09. The number of hydrogen-bond donors (Lipinski definition) is 0. The Morgan fingerprint density at radius 2 is 1.64 bits per heavy atom. The number of furan rings is 1. The molecule has 0 bridgehead atoms. The lowest BCUT2D eigenvalue weighted by molar-refractivity contribution is 0.340. The van der Waals surface area contributed by atoms with Crippen LogP contribution in [-0.4, -0.2) is 6.61 Å². The van der Waals surface area contributed by atoms with Gasteiger partial charge in [-0.15, -0.1) is 0 Å². The van der Waals surface area contributed by atoms with Crippen molar-refractivity contribution < 1.29 is 9.15 Å². The average molecular weight is 288 g/mol. The van der Waals surface area contributed by atoms with Gasteiger partial charge in [0, 0.05) is 10.8 Å². The Bertz CT molecular complexity index is 936. The van der Waals surface area contributed by atoms with Gasteiger partial charge in [0.2, 0.25) is 0 Å². The molecular formula is C20H16O2. The molecule has 108 valence electrons. The summed E-state index contributed by atoms with van der Waals surface area (Å²) in [6.45, 7) is 2.66. The smallest absolute Gasteiger partial charge is 0.136 e. The van der Waals surface area contributed by atoms with Crippen molar-refractivity contribution in [3.05, 3.63) is 66.7 Å². The first kappa shape index (κ1) is 13.0. The second kappa shape index (κ2) is 5.23. The summed E-state index contributed by atoms with van der Waals surface area (Å²) < 4.78 is 11.6. The molecule has 1 aromatic heterocycles. The zero-order valence-corrected chi connectivity index (χ0v) is 12.4. The molecule has 0 amide bonds. The zero-order chi connectivity index (χ0) is 14.9. The van der Waals surface area contributed by atoms with Gasteiger partial charge in [-0.1, -0.05) is 36.4 Å². The molecule has 0 radical (unpaired) electrons. The Morgan fingerprint density at radius 1 is 0.773 bits per heavy atom. The van der Waals surface area contributed by atoms with E-state index in [1.165, 1.54) is 5.56 Å². The average Bonchev–Trinajstić information content (AvgIpc) is 2.93. The Balaban J connectivity index is 1.89. The first-order valence-electron chi connectivity index (χ1n) is 7.49. The molecule has 0 aliphatic heterocycles. The van der Waals surface area contributed by atoms with E-state index in [4.69, 9.17) is 9.15 Å². The molecule has 4 aromatic rings. The van der Waals surface area contributed by atoms with Gasteiger partial charge in [-0.2, -0.15) is 0 Å². The molecule has 22 heavy (non-hydrogen) atoms. The summed E-state index contributed by atoms with van der Waals surface area (Å²) in [5.41, 5.74) is 4.16. The highest BCUT2D eigenvalue weighted by Crippen LogP contribution is 2.34. The Morgan fingerprint density at radius 3 is 2.45 bits per heavy atom. The zero-order valence-electron chi connectivity index (χ0n) is 12.4. The molecule has 0 unspecified atom stereocenters. The van der Waals surface area contributed by atoms with E-state index in [1.54, 1.807) is 0 Å². The summed E-state index contributed by atoms with van der Waals surface area (Å²) in [7, 11) is 0. The van der Waals surface area contributed by atoms with Crippen LogP contribution in [0.25, 0.3) is 33.1 Å². The standard InChI is InChI=1S/C20H16O2/c1-2-21-16-9-11-19-18(13-16)17-10-8-15(12-20(17)22-19)14-6-4-3-5-7-14/h3-13H,2H2,1H3. The van der Waals surface area contributed by atoms with Crippen LogP contribution < -0.4 is 4.74 Å². The molecule has 4 rings (SSSR count). The van der Waals surface area contributed by atoms with Crippen LogP contribution in [0.15, 0.2) is 71.1 Å². The molecule has 0 spiro atoms. The maximum atomic E-state index is 5.99. The van der Waals surface area contributed by atoms with E-state index in [-0.39, 0.29) is 0 Å².